The van der Waals surface area contributed by atoms with Crippen LogP contribution in [0.3, 0.4) is 0 Å². The first-order valence-electron chi connectivity index (χ1n) is 6.74. The Morgan fingerprint density at radius 2 is 2.26 bits per heavy atom. The second-order valence-electron chi connectivity index (χ2n) is 5.83. The van der Waals surface area contributed by atoms with E-state index in [2.05, 4.69) is 24.1 Å². The van der Waals surface area contributed by atoms with E-state index in [0.717, 1.165) is 25.2 Å². The third-order valence-electron chi connectivity index (χ3n) is 3.72. The molecular weight excluding hydrogens is 260 g/mol. The molecule has 0 spiro atoms. The lowest BCUT2D eigenvalue weighted by Gasteiger charge is -2.49. The highest BCUT2D eigenvalue weighted by Gasteiger charge is 2.46. The van der Waals surface area contributed by atoms with Gasteiger partial charge in [-0.3, -0.25) is 9.69 Å². The maximum atomic E-state index is 12.4. The summed E-state index contributed by atoms with van der Waals surface area (Å²) >= 11 is 5.93. The lowest BCUT2D eigenvalue weighted by molar-refractivity contribution is -0.136. The number of carbonyl (C=O) groups excluding carboxylic acids is 1. The highest BCUT2D eigenvalue weighted by molar-refractivity contribution is 6.30. The van der Waals surface area contributed by atoms with Crippen molar-refractivity contribution in [3.8, 4) is 0 Å². The zero-order valence-corrected chi connectivity index (χ0v) is 12.5. The number of amides is 1. The zero-order valence-electron chi connectivity index (χ0n) is 11.7. The Hall–Kier alpha value is -1.06. The maximum Gasteiger partial charge on any atom is 0.244 e. The Kier molecular flexibility index (Phi) is 4.16. The average Bonchev–Trinajstić information content (AvgIpc) is 2.33. The summed E-state index contributed by atoms with van der Waals surface area (Å²) in [6.07, 6.45) is 0.909. The van der Waals surface area contributed by atoms with E-state index in [1.807, 2.05) is 19.1 Å². The van der Waals surface area contributed by atoms with E-state index in [9.17, 15) is 4.79 Å². The van der Waals surface area contributed by atoms with Crippen LogP contribution in [-0.2, 0) is 4.79 Å². The molecule has 3 nitrogen and oxygen atoms in total. The van der Waals surface area contributed by atoms with Gasteiger partial charge in [0.2, 0.25) is 5.91 Å². The van der Waals surface area contributed by atoms with Crippen LogP contribution in [0, 0.1) is 5.92 Å². The molecule has 1 aromatic rings. The lowest BCUT2D eigenvalue weighted by atomic mass is 9.84. The predicted octanol–water partition coefficient (Wildman–Crippen LogP) is 3.40. The second kappa shape index (κ2) is 5.51. The molecule has 2 rings (SSSR count). The number of halogens is 1. The highest BCUT2D eigenvalue weighted by Crippen LogP contribution is 2.32. The van der Waals surface area contributed by atoms with Gasteiger partial charge in [-0.25, -0.2) is 0 Å². The molecule has 0 aromatic heterocycles. The van der Waals surface area contributed by atoms with Gasteiger partial charge in [-0.2, -0.15) is 0 Å². The summed E-state index contributed by atoms with van der Waals surface area (Å²) in [7, 11) is 0. The minimum Gasteiger partial charge on any atom is -0.324 e. The van der Waals surface area contributed by atoms with E-state index >= 15 is 0 Å². The molecule has 4 heteroatoms. The Labute approximate surface area is 119 Å². The minimum atomic E-state index is -0.382. The van der Waals surface area contributed by atoms with Crippen LogP contribution in [0.15, 0.2) is 24.3 Å². The van der Waals surface area contributed by atoms with Crippen molar-refractivity contribution in [3.05, 3.63) is 29.3 Å². The molecule has 0 radical (unpaired) electrons. The molecule has 104 valence electrons. The van der Waals surface area contributed by atoms with Crippen molar-refractivity contribution >= 4 is 23.2 Å². The second-order valence-corrected chi connectivity index (χ2v) is 6.26. The number of benzene rings is 1. The average molecular weight is 281 g/mol. The third kappa shape index (κ3) is 3.10. The van der Waals surface area contributed by atoms with Crippen LogP contribution in [0.5, 0.6) is 0 Å². The van der Waals surface area contributed by atoms with E-state index in [4.69, 9.17) is 11.6 Å². The smallest absolute Gasteiger partial charge is 0.244 e. The van der Waals surface area contributed by atoms with Gasteiger partial charge in [0.05, 0.1) is 5.54 Å². The van der Waals surface area contributed by atoms with Crippen LogP contribution in [-0.4, -0.2) is 29.4 Å². The fourth-order valence-corrected chi connectivity index (χ4v) is 2.62. The van der Waals surface area contributed by atoms with E-state index < -0.39 is 0 Å². The predicted molar refractivity (Wildman–Crippen MR) is 79.5 cm³/mol. The Morgan fingerprint density at radius 3 is 2.79 bits per heavy atom. The van der Waals surface area contributed by atoms with Crippen molar-refractivity contribution in [2.24, 2.45) is 5.92 Å². The molecule has 0 saturated carbocycles. The Balaban J connectivity index is 2.03. The van der Waals surface area contributed by atoms with Gasteiger partial charge in [0.15, 0.2) is 0 Å². The van der Waals surface area contributed by atoms with Crippen molar-refractivity contribution < 1.29 is 4.79 Å². The number of nitrogens with zero attached hydrogens (tertiary/aromatic N) is 1. The highest BCUT2D eigenvalue weighted by atomic mass is 35.5. The van der Waals surface area contributed by atoms with Crippen molar-refractivity contribution in [2.45, 2.75) is 32.7 Å². The molecule has 1 unspecified atom stereocenters. The van der Waals surface area contributed by atoms with Gasteiger partial charge >= 0.3 is 0 Å². The molecule has 1 N–H and O–H groups in total. The van der Waals surface area contributed by atoms with Crippen LogP contribution < -0.4 is 5.32 Å². The number of anilines is 1. The number of hydrogen-bond acceptors (Lipinski definition) is 2. The monoisotopic (exact) mass is 280 g/mol. The third-order valence-corrected chi connectivity index (χ3v) is 3.96. The van der Waals surface area contributed by atoms with Gasteiger partial charge in [-0.1, -0.05) is 31.5 Å². The fraction of sp³-hybridized carbons (Fsp3) is 0.533. The molecular formula is C15H21ClN2O. The molecule has 0 aliphatic carbocycles. The summed E-state index contributed by atoms with van der Waals surface area (Å²) in [5, 5.41) is 3.60. The number of likely N-dealkylation sites (tertiary alicyclic amines) is 1. The van der Waals surface area contributed by atoms with E-state index in [0.29, 0.717) is 10.9 Å². The number of nitrogens with one attached hydrogen (secondary N) is 1. The molecule has 1 aromatic carbocycles. The fourth-order valence-electron chi connectivity index (χ4n) is 2.43. The normalized spacial score (nSPS) is 23.2. The van der Waals surface area contributed by atoms with Crippen LogP contribution in [0.2, 0.25) is 5.02 Å². The van der Waals surface area contributed by atoms with Crippen molar-refractivity contribution in [1.29, 1.82) is 0 Å². The molecule has 1 saturated heterocycles. The standard InChI is InChI=1S/C15H21ClN2O/c1-11(2)10-18-8-7-15(18,3)14(19)17-13-6-4-5-12(16)9-13/h4-6,9,11H,7-8,10H2,1-3H3,(H,17,19). The van der Waals surface area contributed by atoms with Gasteiger partial charge in [-0.15, -0.1) is 0 Å². The van der Waals surface area contributed by atoms with Crippen LogP contribution in [0.25, 0.3) is 0 Å². The maximum absolute atomic E-state index is 12.4. The quantitative estimate of drug-likeness (QED) is 0.917. The topological polar surface area (TPSA) is 32.3 Å². The first kappa shape index (κ1) is 14.4. The van der Waals surface area contributed by atoms with Crippen molar-refractivity contribution in [3.63, 3.8) is 0 Å². The van der Waals surface area contributed by atoms with E-state index in [1.165, 1.54) is 0 Å². The molecule has 1 aliphatic rings. The van der Waals surface area contributed by atoms with Crippen LogP contribution in [0.1, 0.15) is 27.2 Å². The summed E-state index contributed by atoms with van der Waals surface area (Å²) in [5.41, 5.74) is 0.377. The van der Waals surface area contributed by atoms with Crippen LogP contribution >= 0.6 is 11.6 Å². The molecule has 1 heterocycles. The molecule has 1 aliphatic heterocycles. The van der Waals surface area contributed by atoms with Gasteiger partial charge in [0.1, 0.15) is 0 Å². The summed E-state index contributed by atoms with van der Waals surface area (Å²) in [5.74, 6) is 0.625. The summed E-state index contributed by atoms with van der Waals surface area (Å²) in [6.45, 7) is 8.32. The minimum absolute atomic E-state index is 0.0571. The van der Waals surface area contributed by atoms with E-state index in [1.54, 1.807) is 12.1 Å². The molecule has 1 fully saturated rings. The van der Waals surface area contributed by atoms with Crippen LogP contribution in [0.4, 0.5) is 5.69 Å². The Morgan fingerprint density at radius 1 is 1.53 bits per heavy atom. The number of rotatable bonds is 4. The van der Waals surface area contributed by atoms with Gasteiger partial charge in [0, 0.05) is 23.8 Å². The summed E-state index contributed by atoms with van der Waals surface area (Å²) in [6, 6.07) is 7.27. The largest absolute Gasteiger partial charge is 0.324 e. The first-order chi connectivity index (χ1) is 8.91. The van der Waals surface area contributed by atoms with Crippen molar-refractivity contribution in [2.75, 3.05) is 18.4 Å². The lowest BCUT2D eigenvalue weighted by Crippen LogP contribution is -2.64. The zero-order chi connectivity index (χ0) is 14.0. The van der Waals surface area contributed by atoms with Crippen molar-refractivity contribution in [1.82, 2.24) is 4.90 Å². The summed E-state index contributed by atoms with van der Waals surface area (Å²) in [4.78, 5) is 14.7. The van der Waals surface area contributed by atoms with E-state index in [-0.39, 0.29) is 11.4 Å². The van der Waals surface area contributed by atoms with Gasteiger partial charge < -0.3 is 5.32 Å². The first-order valence-corrected chi connectivity index (χ1v) is 7.12. The Bertz CT molecular complexity index is 475. The SMILES string of the molecule is CC(C)CN1CCC1(C)C(=O)Nc1cccc(Cl)c1. The number of hydrogen-bond donors (Lipinski definition) is 1. The summed E-state index contributed by atoms with van der Waals surface area (Å²) < 4.78 is 0. The van der Waals surface area contributed by atoms with Gasteiger partial charge in [-0.05, 0) is 37.5 Å². The molecule has 0 bridgehead atoms. The molecule has 1 amide bonds. The van der Waals surface area contributed by atoms with Gasteiger partial charge in [0.25, 0.3) is 0 Å². The number of carbonyl (C=O) groups is 1. The molecule has 1 atom stereocenters. The molecule has 19 heavy (non-hydrogen) atoms.